The molecule has 9 heteroatoms. The van der Waals surface area contributed by atoms with Gasteiger partial charge in [0.05, 0.1) is 21.7 Å². The van der Waals surface area contributed by atoms with E-state index in [9.17, 15) is 19.2 Å². The van der Waals surface area contributed by atoms with Gasteiger partial charge in [-0.2, -0.15) is 0 Å². The smallest absolute Gasteiger partial charge is 0.261 e. The van der Waals surface area contributed by atoms with Gasteiger partial charge in [0.15, 0.2) is 0 Å². The Hall–Kier alpha value is -3.23. The Balaban J connectivity index is 1.54. The number of carbonyl (C=O) groups is 4. The number of ether oxygens (including phenoxy) is 1. The molecule has 0 bridgehead atoms. The largest absolute Gasteiger partial charge is 0.385 e. The molecule has 162 valence electrons. The van der Waals surface area contributed by atoms with Crippen molar-refractivity contribution in [2.75, 3.05) is 33.4 Å². The Bertz CT molecular complexity index is 1020. The number of carbonyl (C=O) groups excluding carboxylic acids is 4. The fourth-order valence-electron chi connectivity index (χ4n) is 3.20. The molecule has 1 aliphatic heterocycles. The zero-order chi connectivity index (χ0) is 22.4. The highest BCUT2D eigenvalue weighted by molar-refractivity contribution is 6.33. The quantitative estimate of drug-likeness (QED) is 0.456. The van der Waals surface area contributed by atoms with Crippen molar-refractivity contribution in [2.24, 2.45) is 0 Å². The Labute approximate surface area is 184 Å². The van der Waals surface area contributed by atoms with Gasteiger partial charge in [-0.05, 0) is 36.8 Å². The molecule has 0 unspecified atom stereocenters. The second-order valence-corrected chi connectivity index (χ2v) is 7.27. The van der Waals surface area contributed by atoms with Crippen LogP contribution < -0.4 is 10.6 Å². The molecule has 0 saturated heterocycles. The second kappa shape index (κ2) is 10.2. The molecular weight excluding hydrogens is 422 g/mol. The maximum atomic E-state index is 12.5. The van der Waals surface area contributed by atoms with Crippen LogP contribution in [0.3, 0.4) is 0 Å². The van der Waals surface area contributed by atoms with Gasteiger partial charge in [-0.15, -0.1) is 0 Å². The third kappa shape index (κ3) is 5.10. The van der Waals surface area contributed by atoms with E-state index < -0.39 is 11.8 Å². The lowest BCUT2D eigenvalue weighted by molar-refractivity contribution is 0.0638. The molecule has 0 aliphatic carbocycles. The Morgan fingerprint density at radius 1 is 0.968 bits per heavy atom. The van der Waals surface area contributed by atoms with Crippen LogP contribution in [0.1, 0.15) is 47.9 Å². The van der Waals surface area contributed by atoms with E-state index in [0.717, 1.165) is 4.90 Å². The van der Waals surface area contributed by atoms with Crippen molar-refractivity contribution in [3.8, 4) is 0 Å². The van der Waals surface area contributed by atoms with Gasteiger partial charge >= 0.3 is 0 Å². The summed E-state index contributed by atoms with van der Waals surface area (Å²) in [5.74, 6) is -1.54. The summed E-state index contributed by atoms with van der Waals surface area (Å²) in [6, 6.07) is 11.1. The van der Waals surface area contributed by atoms with Crippen LogP contribution in [0.15, 0.2) is 42.5 Å². The van der Waals surface area contributed by atoms with Crippen LogP contribution in [0.2, 0.25) is 5.02 Å². The Morgan fingerprint density at radius 2 is 1.65 bits per heavy atom. The Kier molecular flexibility index (Phi) is 7.38. The molecule has 1 aliphatic rings. The zero-order valence-corrected chi connectivity index (χ0v) is 17.7. The van der Waals surface area contributed by atoms with Crippen LogP contribution in [0, 0.1) is 0 Å². The predicted octanol–water partition coefficient (Wildman–Crippen LogP) is 2.13. The fraction of sp³-hybridized carbons (Fsp3) is 0.273. The average molecular weight is 444 g/mol. The van der Waals surface area contributed by atoms with Crippen LogP contribution in [0.25, 0.3) is 0 Å². The van der Waals surface area contributed by atoms with Crippen molar-refractivity contribution in [1.29, 1.82) is 0 Å². The van der Waals surface area contributed by atoms with E-state index >= 15 is 0 Å². The third-order valence-corrected chi connectivity index (χ3v) is 5.11. The fourth-order valence-corrected chi connectivity index (χ4v) is 3.42. The molecule has 2 aromatic rings. The van der Waals surface area contributed by atoms with E-state index in [1.54, 1.807) is 31.4 Å². The van der Waals surface area contributed by atoms with Gasteiger partial charge in [0, 0.05) is 38.9 Å². The zero-order valence-electron chi connectivity index (χ0n) is 16.9. The number of benzene rings is 2. The highest BCUT2D eigenvalue weighted by Gasteiger charge is 2.35. The highest BCUT2D eigenvalue weighted by atomic mass is 35.5. The summed E-state index contributed by atoms with van der Waals surface area (Å²) in [5, 5.41) is 5.70. The molecule has 4 amide bonds. The van der Waals surface area contributed by atoms with Crippen molar-refractivity contribution >= 4 is 35.2 Å². The lowest BCUT2D eigenvalue weighted by atomic mass is 10.1. The molecule has 0 aromatic heterocycles. The number of halogens is 1. The number of nitrogens with zero attached hydrogens (tertiary/aromatic N) is 1. The summed E-state index contributed by atoms with van der Waals surface area (Å²) in [6.45, 7) is 1.08. The molecule has 0 atom stereocenters. The lowest BCUT2D eigenvalue weighted by Gasteiger charge is -2.12. The van der Waals surface area contributed by atoms with Gasteiger partial charge in [0.25, 0.3) is 23.6 Å². The first-order valence-corrected chi connectivity index (χ1v) is 10.1. The topological polar surface area (TPSA) is 105 Å². The predicted molar refractivity (Wildman–Crippen MR) is 114 cm³/mol. The summed E-state index contributed by atoms with van der Waals surface area (Å²) in [7, 11) is 1.55. The first kappa shape index (κ1) is 22.5. The number of hydrogen-bond donors (Lipinski definition) is 2. The number of imide groups is 1. The minimum atomic E-state index is -0.419. The summed E-state index contributed by atoms with van der Waals surface area (Å²) < 4.78 is 4.96. The third-order valence-electron chi connectivity index (χ3n) is 4.78. The van der Waals surface area contributed by atoms with Crippen molar-refractivity contribution in [2.45, 2.75) is 6.42 Å². The average Bonchev–Trinajstić information content (AvgIpc) is 3.01. The summed E-state index contributed by atoms with van der Waals surface area (Å²) in [4.78, 5) is 50.7. The normalized spacial score (nSPS) is 12.6. The Morgan fingerprint density at radius 3 is 2.35 bits per heavy atom. The number of methoxy groups -OCH3 is 1. The van der Waals surface area contributed by atoms with Crippen LogP contribution >= 0.6 is 11.6 Å². The second-order valence-electron chi connectivity index (χ2n) is 6.86. The van der Waals surface area contributed by atoms with Crippen molar-refractivity contribution in [3.05, 3.63) is 69.7 Å². The maximum absolute atomic E-state index is 12.5. The number of fused-ring (bicyclic) bond motifs is 1. The van der Waals surface area contributed by atoms with Gasteiger partial charge in [-0.1, -0.05) is 23.7 Å². The summed E-state index contributed by atoms with van der Waals surface area (Å²) in [5.41, 5.74) is 1.11. The number of amides is 4. The molecule has 31 heavy (non-hydrogen) atoms. The van der Waals surface area contributed by atoms with Gasteiger partial charge < -0.3 is 15.4 Å². The monoisotopic (exact) mass is 443 g/mol. The molecule has 1 heterocycles. The molecule has 2 N–H and O–H groups in total. The van der Waals surface area contributed by atoms with Crippen LogP contribution in [0.4, 0.5) is 0 Å². The van der Waals surface area contributed by atoms with Gasteiger partial charge in [0.2, 0.25) is 0 Å². The van der Waals surface area contributed by atoms with Crippen LogP contribution in [-0.2, 0) is 4.74 Å². The number of nitrogens with one attached hydrogen (secondary N) is 2. The van der Waals surface area contributed by atoms with Crippen LogP contribution in [-0.4, -0.2) is 61.9 Å². The number of hydrogen-bond acceptors (Lipinski definition) is 5. The SMILES string of the molecule is COCCCN1C(=O)c2ccc(C(=O)NCCNC(=O)c3ccccc3Cl)cc2C1=O. The minimum absolute atomic E-state index is 0.183. The van der Waals surface area contributed by atoms with E-state index in [0.29, 0.717) is 23.6 Å². The van der Waals surface area contributed by atoms with Gasteiger partial charge in [0.1, 0.15) is 0 Å². The molecular formula is C22H22ClN3O5. The summed E-state index contributed by atoms with van der Waals surface area (Å²) in [6.07, 6.45) is 0.537. The van der Waals surface area contributed by atoms with E-state index in [1.807, 2.05) is 0 Å². The summed E-state index contributed by atoms with van der Waals surface area (Å²) >= 11 is 5.98. The molecule has 8 nitrogen and oxygen atoms in total. The molecule has 2 aromatic carbocycles. The maximum Gasteiger partial charge on any atom is 0.261 e. The van der Waals surface area contributed by atoms with E-state index in [2.05, 4.69) is 10.6 Å². The molecule has 3 rings (SSSR count). The number of rotatable bonds is 9. The molecule has 0 spiro atoms. The standard InChI is InChI=1S/C22H22ClN3O5/c1-31-12-4-11-26-21(29)15-8-7-14(13-17(15)22(26)30)19(27)24-9-10-25-20(28)16-5-2-3-6-18(16)23/h2-3,5-8,13H,4,9-12H2,1H3,(H,24,27)(H,25,28). The van der Waals surface area contributed by atoms with Crippen LogP contribution in [0.5, 0.6) is 0 Å². The van der Waals surface area contributed by atoms with Crippen molar-refractivity contribution in [3.63, 3.8) is 0 Å². The molecule has 0 radical (unpaired) electrons. The van der Waals surface area contributed by atoms with Gasteiger partial charge in [-0.25, -0.2) is 0 Å². The first-order valence-electron chi connectivity index (χ1n) is 9.74. The minimum Gasteiger partial charge on any atom is -0.385 e. The van der Waals surface area contributed by atoms with E-state index in [-0.39, 0.29) is 48.1 Å². The van der Waals surface area contributed by atoms with E-state index in [1.165, 1.54) is 18.2 Å². The van der Waals surface area contributed by atoms with E-state index in [4.69, 9.17) is 16.3 Å². The lowest BCUT2D eigenvalue weighted by Crippen LogP contribution is -2.34. The van der Waals surface area contributed by atoms with Crippen molar-refractivity contribution < 1.29 is 23.9 Å². The van der Waals surface area contributed by atoms with Crippen molar-refractivity contribution in [1.82, 2.24) is 15.5 Å². The first-order chi connectivity index (χ1) is 14.9. The van der Waals surface area contributed by atoms with Gasteiger partial charge in [-0.3, -0.25) is 24.1 Å². The molecule has 0 fully saturated rings. The highest BCUT2D eigenvalue weighted by Crippen LogP contribution is 2.24. The molecule has 0 saturated carbocycles.